The normalized spacial score (nSPS) is 20.7. The van der Waals surface area contributed by atoms with Crippen LogP contribution in [0.15, 0.2) is 12.1 Å². The largest absolute Gasteiger partial charge is 0.385 e. The molecule has 1 heterocycles. The van der Waals surface area contributed by atoms with Gasteiger partial charge in [-0.15, -0.1) is 0 Å². The van der Waals surface area contributed by atoms with Gasteiger partial charge in [0.2, 0.25) is 0 Å². The molecule has 0 amide bonds. The van der Waals surface area contributed by atoms with E-state index in [1.54, 1.807) is 0 Å². The predicted molar refractivity (Wildman–Crippen MR) is 56.2 cm³/mol. The van der Waals surface area contributed by atoms with Crippen molar-refractivity contribution < 1.29 is 8.78 Å². The predicted octanol–water partition coefficient (Wildman–Crippen LogP) is 3.26. The molecule has 13 heavy (non-hydrogen) atoms. The zero-order chi connectivity index (χ0) is 9.42. The summed E-state index contributed by atoms with van der Waals surface area (Å²) in [6.07, 6.45) is 0.957. The Kier molecular flexibility index (Phi) is 2.40. The van der Waals surface area contributed by atoms with Crippen LogP contribution in [0.25, 0.3) is 0 Å². The molecule has 70 valence electrons. The van der Waals surface area contributed by atoms with Crippen molar-refractivity contribution >= 4 is 28.3 Å². The highest BCUT2D eigenvalue weighted by Gasteiger charge is 2.19. The van der Waals surface area contributed by atoms with Crippen LogP contribution >= 0.6 is 22.6 Å². The molecule has 1 atom stereocenters. The number of hydrogen-bond donors (Lipinski definition) is 1. The summed E-state index contributed by atoms with van der Waals surface area (Å²) < 4.78 is 26.0. The molecule has 1 unspecified atom stereocenters. The molecule has 0 bridgehead atoms. The van der Waals surface area contributed by atoms with Crippen LogP contribution in [-0.4, -0.2) is 6.54 Å². The van der Waals surface area contributed by atoms with Crippen molar-refractivity contribution in [2.75, 3.05) is 11.9 Å². The first-order chi connectivity index (χ1) is 6.18. The van der Waals surface area contributed by atoms with Gasteiger partial charge in [0.05, 0.1) is 0 Å². The second-order valence-electron chi connectivity index (χ2n) is 3.04. The van der Waals surface area contributed by atoms with Gasteiger partial charge < -0.3 is 5.32 Å². The lowest BCUT2D eigenvalue weighted by atomic mass is 10.0. The third-order valence-corrected chi connectivity index (χ3v) is 3.44. The summed E-state index contributed by atoms with van der Waals surface area (Å²) in [5.74, 6) is -1.54. The van der Waals surface area contributed by atoms with Crippen LogP contribution in [0.1, 0.15) is 15.9 Å². The molecular formula is C9H8F2IN. The minimum absolute atomic E-state index is 0.281. The van der Waals surface area contributed by atoms with Crippen LogP contribution in [0.2, 0.25) is 0 Å². The van der Waals surface area contributed by atoms with E-state index in [4.69, 9.17) is 0 Å². The summed E-state index contributed by atoms with van der Waals surface area (Å²) in [6, 6.07) is 2.52. The van der Waals surface area contributed by atoms with E-state index in [1.807, 2.05) is 0 Å². The second-order valence-corrected chi connectivity index (χ2v) is 4.54. The molecule has 2 rings (SSSR count). The Bertz CT molecular complexity index is 341. The fourth-order valence-electron chi connectivity index (χ4n) is 1.46. The van der Waals surface area contributed by atoms with Crippen LogP contribution in [0, 0.1) is 11.6 Å². The maximum atomic E-state index is 12.9. The summed E-state index contributed by atoms with van der Waals surface area (Å²) in [5, 5.41) is 3.05. The second kappa shape index (κ2) is 3.40. The lowest BCUT2D eigenvalue weighted by molar-refractivity contribution is 0.506. The van der Waals surface area contributed by atoms with Gasteiger partial charge in [0, 0.05) is 22.2 Å². The highest BCUT2D eigenvalue weighted by atomic mass is 127. The van der Waals surface area contributed by atoms with E-state index >= 15 is 0 Å². The highest BCUT2D eigenvalue weighted by Crippen LogP contribution is 2.37. The zero-order valence-corrected chi connectivity index (χ0v) is 8.94. The van der Waals surface area contributed by atoms with Gasteiger partial charge >= 0.3 is 0 Å². The summed E-state index contributed by atoms with van der Waals surface area (Å²) >= 11 is 2.25. The molecule has 1 aliphatic heterocycles. The van der Waals surface area contributed by atoms with Crippen LogP contribution in [-0.2, 0) is 0 Å². The molecule has 1 aromatic carbocycles. The van der Waals surface area contributed by atoms with Gasteiger partial charge in [-0.05, 0) is 18.1 Å². The van der Waals surface area contributed by atoms with Gasteiger partial charge in [0.25, 0.3) is 0 Å². The molecular weight excluding hydrogens is 287 g/mol. The molecule has 4 heteroatoms. The summed E-state index contributed by atoms with van der Waals surface area (Å²) in [5.41, 5.74) is 1.59. The van der Waals surface area contributed by atoms with Gasteiger partial charge in [-0.2, -0.15) is 0 Å². The lowest BCUT2D eigenvalue weighted by Gasteiger charge is -2.22. The average molecular weight is 295 g/mol. The molecule has 0 saturated heterocycles. The molecule has 0 aliphatic carbocycles. The van der Waals surface area contributed by atoms with E-state index in [0.29, 0.717) is 0 Å². The Morgan fingerprint density at radius 2 is 2.00 bits per heavy atom. The summed E-state index contributed by atoms with van der Waals surface area (Å²) in [7, 11) is 0. The fourth-order valence-corrected chi connectivity index (χ4v) is 2.29. The first-order valence-corrected chi connectivity index (χ1v) is 5.30. The quantitative estimate of drug-likeness (QED) is 0.572. The topological polar surface area (TPSA) is 12.0 Å². The smallest absolute Gasteiger partial charge is 0.160 e. The molecule has 0 radical (unpaired) electrons. The third-order valence-electron chi connectivity index (χ3n) is 2.14. The van der Waals surface area contributed by atoms with E-state index in [2.05, 4.69) is 27.9 Å². The molecule has 1 aliphatic rings. The van der Waals surface area contributed by atoms with Gasteiger partial charge in [-0.1, -0.05) is 22.6 Å². The fraction of sp³-hybridized carbons (Fsp3) is 0.333. The van der Waals surface area contributed by atoms with E-state index in [1.165, 1.54) is 12.1 Å². The molecule has 0 spiro atoms. The van der Waals surface area contributed by atoms with Crippen LogP contribution in [0.3, 0.4) is 0 Å². The highest BCUT2D eigenvalue weighted by molar-refractivity contribution is 14.1. The number of nitrogens with one attached hydrogen (secondary N) is 1. The molecule has 0 fully saturated rings. The van der Waals surface area contributed by atoms with Crippen molar-refractivity contribution in [1.29, 1.82) is 0 Å². The van der Waals surface area contributed by atoms with Gasteiger partial charge in [-0.3, -0.25) is 0 Å². The number of halogens is 3. The summed E-state index contributed by atoms with van der Waals surface area (Å²) in [4.78, 5) is 0. The van der Waals surface area contributed by atoms with Gasteiger partial charge in [-0.25, -0.2) is 8.78 Å². The molecule has 1 aromatic rings. The SMILES string of the molecule is Fc1cc2c(cc1F)C(I)CCN2. The molecule has 0 aromatic heterocycles. The third kappa shape index (κ3) is 1.63. The minimum atomic E-state index is -0.781. The number of anilines is 1. The Hall–Kier alpha value is -0.390. The maximum absolute atomic E-state index is 12.9. The standard InChI is InChI=1S/C9H8F2IN/c10-6-3-5-8(12)1-2-13-9(5)4-7(6)11/h3-4,8,13H,1-2H2. The Labute approximate surface area is 88.7 Å². The number of hydrogen-bond acceptors (Lipinski definition) is 1. The van der Waals surface area contributed by atoms with Crippen molar-refractivity contribution in [1.82, 2.24) is 0 Å². The maximum Gasteiger partial charge on any atom is 0.160 e. The van der Waals surface area contributed by atoms with E-state index in [-0.39, 0.29) is 3.92 Å². The first kappa shape index (κ1) is 9.18. The average Bonchev–Trinajstić information content (AvgIpc) is 2.09. The van der Waals surface area contributed by atoms with Gasteiger partial charge in [0.15, 0.2) is 11.6 Å². The van der Waals surface area contributed by atoms with Crippen molar-refractivity contribution in [3.8, 4) is 0 Å². The van der Waals surface area contributed by atoms with E-state index in [9.17, 15) is 8.78 Å². The van der Waals surface area contributed by atoms with Crippen LogP contribution in [0.5, 0.6) is 0 Å². The first-order valence-electron chi connectivity index (χ1n) is 4.05. The van der Waals surface area contributed by atoms with Crippen molar-refractivity contribution in [2.45, 2.75) is 10.3 Å². The van der Waals surface area contributed by atoms with Crippen molar-refractivity contribution in [2.24, 2.45) is 0 Å². The summed E-state index contributed by atoms with van der Waals surface area (Å²) in [6.45, 7) is 0.825. The molecule has 0 saturated carbocycles. The van der Waals surface area contributed by atoms with E-state index in [0.717, 1.165) is 24.2 Å². The van der Waals surface area contributed by atoms with E-state index < -0.39 is 11.6 Å². The number of rotatable bonds is 0. The number of alkyl halides is 1. The number of benzene rings is 1. The minimum Gasteiger partial charge on any atom is -0.385 e. The molecule has 1 N–H and O–H groups in total. The monoisotopic (exact) mass is 295 g/mol. The van der Waals surface area contributed by atoms with Crippen LogP contribution in [0.4, 0.5) is 14.5 Å². The zero-order valence-electron chi connectivity index (χ0n) is 6.78. The van der Waals surface area contributed by atoms with Crippen molar-refractivity contribution in [3.05, 3.63) is 29.3 Å². The lowest BCUT2D eigenvalue weighted by Crippen LogP contribution is -2.14. The Morgan fingerprint density at radius 3 is 2.77 bits per heavy atom. The number of fused-ring (bicyclic) bond motifs is 1. The Balaban J connectivity index is 2.52. The van der Waals surface area contributed by atoms with Gasteiger partial charge in [0.1, 0.15) is 0 Å². The van der Waals surface area contributed by atoms with Crippen molar-refractivity contribution in [3.63, 3.8) is 0 Å². The Morgan fingerprint density at radius 1 is 1.31 bits per heavy atom. The molecule has 1 nitrogen and oxygen atoms in total. The van der Waals surface area contributed by atoms with Crippen LogP contribution < -0.4 is 5.32 Å².